The van der Waals surface area contributed by atoms with Crippen LogP contribution in [0.25, 0.3) is 0 Å². The van der Waals surface area contributed by atoms with Crippen LogP contribution in [0.5, 0.6) is 0 Å². The zero-order valence-electron chi connectivity index (χ0n) is 10.8. The van der Waals surface area contributed by atoms with Crippen LogP contribution in [0.1, 0.15) is 11.1 Å². The molecule has 0 atom stereocenters. The first-order valence-corrected chi connectivity index (χ1v) is 7.66. The van der Waals surface area contributed by atoms with Crippen molar-refractivity contribution in [3.8, 4) is 0 Å². The molecule has 1 saturated heterocycles. The fraction of sp³-hybridized carbons (Fsp3) is 0.250. The van der Waals surface area contributed by atoms with E-state index in [1.807, 2.05) is 18.2 Å². The van der Waals surface area contributed by atoms with Crippen molar-refractivity contribution < 1.29 is 4.39 Å². The molecule has 0 amide bonds. The van der Waals surface area contributed by atoms with Crippen LogP contribution in [0, 0.1) is 5.82 Å². The zero-order chi connectivity index (χ0) is 14.2. The van der Waals surface area contributed by atoms with Gasteiger partial charge in [-0.3, -0.25) is 0 Å². The van der Waals surface area contributed by atoms with Crippen LogP contribution in [-0.4, -0.2) is 13.1 Å². The van der Waals surface area contributed by atoms with E-state index in [2.05, 4.69) is 33.4 Å². The highest BCUT2D eigenvalue weighted by Gasteiger charge is 2.38. The highest BCUT2D eigenvalue weighted by molar-refractivity contribution is 9.10. The highest BCUT2D eigenvalue weighted by Crippen LogP contribution is 2.34. The summed E-state index contributed by atoms with van der Waals surface area (Å²) in [5.74, 6) is -0.201. The first-order valence-electron chi connectivity index (χ1n) is 6.49. The lowest BCUT2D eigenvalue weighted by Gasteiger charge is -2.43. The molecule has 0 spiro atoms. The number of halogens is 3. The molecular weight excluding hydrogens is 341 g/mol. The summed E-state index contributed by atoms with van der Waals surface area (Å²) in [6, 6.07) is 13.0. The normalized spacial score (nSPS) is 16.8. The molecule has 1 nitrogen and oxygen atoms in total. The Morgan fingerprint density at radius 2 is 1.85 bits per heavy atom. The van der Waals surface area contributed by atoms with E-state index in [1.165, 1.54) is 11.6 Å². The van der Waals surface area contributed by atoms with Gasteiger partial charge in [0.25, 0.3) is 0 Å². The van der Waals surface area contributed by atoms with Gasteiger partial charge in [0, 0.05) is 28.0 Å². The smallest absolute Gasteiger partial charge is 0.124 e. The number of nitrogens with one attached hydrogen (secondary N) is 1. The second-order valence-corrected chi connectivity index (χ2v) is 6.70. The third kappa shape index (κ3) is 2.76. The molecule has 1 fully saturated rings. The monoisotopic (exact) mass is 353 g/mol. The fourth-order valence-corrected chi connectivity index (χ4v) is 3.40. The van der Waals surface area contributed by atoms with E-state index >= 15 is 0 Å². The molecule has 104 valence electrons. The molecule has 4 heteroatoms. The zero-order valence-corrected chi connectivity index (χ0v) is 13.1. The Morgan fingerprint density at radius 1 is 1.15 bits per heavy atom. The molecule has 1 aliphatic rings. The van der Waals surface area contributed by atoms with Gasteiger partial charge in [0.05, 0.1) is 0 Å². The summed E-state index contributed by atoms with van der Waals surface area (Å²) in [5, 5.41) is 4.07. The minimum Gasteiger partial charge on any atom is -0.315 e. The Balaban J connectivity index is 1.91. The summed E-state index contributed by atoms with van der Waals surface area (Å²) in [4.78, 5) is 0. The molecule has 2 aromatic rings. The second kappa shape index (κ2) is 5.47. The van der Waals surface area contributed by atoms with E-state index < -0.39 is 0 Å². The van der Waals surface area contributed by atoms with Crippen molar-refractivity contribution in [2.24, 2.45) is 0 Å². The number of rotatable bonds is 3. The van der Waals surface area contributed by atoms with Crippen LogP contribution in [0.15, 0.2) is 46.9 Å². The van der Waals surface area contributed by atoms with Crippen molar-refractivity contribution in [2.75, 3.05) is 13.1 Å². The summed E-state index contributed by atoms with van der Waals surface area (Å²) >= 11 is 9.31. The van der Waals surface area contributed by atoms with E-state index in [9.17, 15) is 4.39 Å². The summed E-state index contributed by atoms with van der Waals surface area (Å²) in [7, 11) is 0. The highest BCUT2D eigenvalue weighted by atomic mass is 79.9. The van der Waals surface area contributed by atoms with Crippen LogP contribution in [0.3, 0.4) is 0 Å². The van der Waals surface area contributed by atoms with Crippen molar-refractivity contribution in [3.05, 3.63) is 68.9 Å². The van der Waals surface area contributed by atoms with E-state index in [0.29, 0.717) is 0 Å². The number of hydrogen-bond acceptors (Lipinski definition) is 1. The lowest BCUT2D eigenvalue weighted by Crippen LogP contribution is -2.58. The molecule has 0 aromatic heterocycles. The van der Waals surface area contributed by atoms with Crippen LogP contribution in [0.2, 0.25) is 5.02 Å². The lowest BCUT2D eigenvalue weighted by molar-refractivity contribution is 0.274. The van der Waals surface area contributed by atoms with Gasteiger partial charge in [-0.05, 0) is 47.9 Å². The Hall–Kier alpha value is -0.900. The van der Waals surface area contributed by atoms with Gasteiger partial charge in [-0.15, -0.1) is 0 Å². The summed E-state index contributed by atoms with van der Waals surface area (Å²) < 4.78 is 14.3. The first kappa shape index (κ1) is 14.1. The van der Waals surface area contributed by atoms with Crippen LogP contribution in [0.4, 0.5) is 4.39 Å². The summed E-state index contributed by atoms with van der Waals surface area (Å²) in [6.45, 7) is 1.81. The summed E-state index contributed by atoms with van der Waals surface area (Å²) in [5.41, 5.74) is 2.30. The molecule has 0 saturated carbocycles. The van der Waals surface area contributed by atoms with Gasteiger partial charge in [-0.1, -0.05) is 39.7 Å². The van der Waals surface area contributed by atoms with E-state index in [0.717, 1.165) is 34.6 Å². The third-order valence-corrected chi connectivity index (χ3v) is 4.56. The van der Waals surface area contributed by atoms with Crippen LogP contribution in [-0.2, 0) is 11.8 Å². The van der Waals surface area contributed by atoms with E-state index in [4.69, 9.17) is 11.6 Å². The molecule has 3 rings (SSSR count). The molecule has 1 heterocycles. The van der Waals surface area contributed by atoms with Crippen molar-refractivity contribution >= 4 is 27.5 Å². The Bertz CT molecular complexity index is 603. The van der Waals surface area contributed by atoms with Gasteiger partial charge in [-0.25, -0.2) is 4.39 Å². The predicted octanol–water partition coefficient (Wildman–Crippen LogP) is 4.33. The Labute approximate surface area is 131 Å². The molecule has 0 bridgehead atoms. The van der Waals surface area contributed by atoms with Gasteiger partial charge < -0.3 is 5.32 Å². The maximum Gasteiger partial charge on any atom is 0.124 e. The molecular formula is C16H14BrClFN. The van der Waals surface area contributed by atoms with Crippen molar-refractivity contribution in [1.29, 1.82) is 0 Å². The van der Waals surface area contributed by atoms with Gasteiger partial charge in [-0.2, -0.15) is 0 Å². The topological polar surface area (TPSA) is 12.0 Å². The maximum absolute atomic E-state index is 13.5. The second-order valence-electron chi connectivity index (χ2n) is 5.35. The Kier molecular flexibility index (Phi) is 3.85. The Morgan fingerprint density at radius 3 is 2.40 bits per heavy atom. The van der Waals surface area contributed by atoms with E-state index in [1.54, 1.807) is 6.07 Å². The molecule has 0 radical (unpaired) electrons. The van der Waals surface area contributed by atoms with Gasteiger partial charge in [0.2, 0.25) is 0 Å². The predicted molar refractivity (Wildman–Crippen MR) is 83.8 cm³/mol. The summed E-state index contributed by atoms with van der Waals surface area (Å²) in [6.07, 6.45) is 0.817. The lowest BCUT2D eigenvalue weighted by atomic mass is 9.71. The average Bonchev–Trinajstić information content (AvgIpc) is 2.34. The van der Waals surface area contributed by atoms with Gasteiger partial charge in [0.15, 0.2) is 0 Å². The number of hydrogen-bond donors (Lipinski definition) is 1. The first-order chi connectivity index (χ1) is 9.57. The molecule has 0 aliphatic carbocycles. The van der Waals surface area contributed by atoms with Crippen LogP contribution >= 0.6 is 27.5 Å². The molecule has 0 unspecified atom stereocenters. The fourth-order valence-electron chi connectivity index (χ4n) is 2.77. The van der Waals surface area contributed by atoms with Gasteiger partial charge >= 0.3 is 0 Å². The SMILES string of the molecule is Fc1cc(Br)cc(CC2(c3ccc(Cl)cc3)CNC2)c1. The molecule has 2 aromatic carbocycles. The van der Waals surface area contributed by atoms with E-state index in [-0.39, 0.29) is 11.2 Å². The van der Waals surface area contributed by atoms with Crippen LogP contribution < -0.4 is 5.32 Å². The van der Waals surface area contributed by atoms with Gasteiger partial charge in [0.1, 0.15) is 5.82 Å². The molecule has 1 aliphatic heterocycles. The average molecular weight is 355 g/mol. The quantitative estimate of drug-likeness (QED) is 0.865. The van der Waals surface area contributed by atoms with Crippen molar-refractivity contribution in [2.45, 2.75) is 11.8 Å². The minimum absolute atomic E-state index is 0.0395. The minimum atomic E-state index is -0.201. The third-order valence-electron chi connectivity index (χ3n) is 3.85. The largest absolute Gasteiger partial charge is 0.315 e. The standard InChI is InChI=1S/C16H14BrClFN/c17-13-5-11(6-15(19)7-13)8-16(9-20-10-16)12-1-3-14(18)4-2-12/h1-7,20H,8-10H2. The van der Waals surface area contributed by atoms with Crippen molar-refractivity contribution in [3.63, 3.8) is 0 Å². The molecule has 1 N–H and O–H groups in total. The molecule has 20 heavy (non-hydrogen) atoms. The number of benzene rings is 2. The maximum atomic E-state index is 13.5. The van der Waals surface area contributed by atoms with Crippen molar-refractivity contribution in [1.82, 2.24) is 5.32 Å².